The number of anilines is 1. The Bertz CT molecular complexity index is 1000. The van der Waals surface area contributed by atoms with Gasteiger partial charge in [-0.05, 0) is 67.9 Å². The number of pyridine rings is 1. The van der Waals surface area contributed by atoms with Gasteiger partial charge in [0.15, 0.2) is 0 Å². The fourth-order valence-corrected chi connectivity index (χ4v) is 3.74. The summed E-state index contributed by atoms with van der Waals surface area (Å²) in [7, 11) is 0. The second-order valence-corrected chi connectivity index (χ2v) is 7.73. The molecule has 2 aromatic carbocycles. The molecule has 138 valence electrons. The number of nitrogens with one attached hydrogen (secondary N) is 1. The van der Waals surface area contributed by atoms with Crippen molar-refractivity contribution in [2.45, 2.75) is 19.4 Å². The lowest BCUT2D eigenvalue weighted by molar-refractivity contribution is 0.102. The van der Waals surface area contributed by atoms with E-state index < -0.39 is 11.7 Å². The third kappa shape index (κ3) is 4.17. The molecule has 4 rings (SSSR count). The van der Waals surface area contributed by atoms with E-state index in [2.05, 4.69) is 37.2 Å². The first-order chi connectivity index (χ1) is 13.1. The van der Waals surface area contributed by atoms with E-state index in [0.29, 0.717) is 10.2 Å². The molecule has 0 unspecified atom stereocenters. The Hall–Kier alpha value is -2.31. The quantitative estimate of drug-likeness (QED) is 0.637. The molecule has 2 heterocycles. The summed E-state index contributed by atoms with van der Waals surface area (Å²) in [5, 5.41) is 3.77. The summed E-state index contributed by atoms with van der Waals surface area (Å²) in [6.07, 6.45) is 4.42. The van der Waals surface area contributed by atoms with Gasteiger partial charge in [0.1, 0.15) is 5.82 Å². The third-order valence-electron chi connectivity index (χ3n) is 4.78. The number of carbonyl (C=O) groups excluding carboxylic acids is 1. The molecule has 0 spiro atoms. The van der Waals surface area contributed by atoms with Crippen LogP contribution < -0.4 is 5.32 Å². The van der Waals surface area contributed by atoms with Crippen LogP contribution in [0, 0.1) is 5.82 Å². The number of hydrogen-bond acceptors (Lipinski definition) is 3. The molecule has 1 amide bonds. The van der Waals surface area contributed by atoms with E-state index in [1.165, 1.54) is 30.5 Å². The minimum Gasteiger partial charge on any atom is -0.322 e. The Balaban J connectivity index is 1.51. The van der Waals surface area contributed by atoms with Gasteiger partial charge in [0.2, 0.25) is 0 Å². The molecule has 0 bridgehead atoms. The van der Waals surface area contributed by atoms with E-state index in [0.717, 1.165) is 30.5 Å². The van der Waals surface area contributed by atoms with Crippen molar-refractivity contribution in [2.24, 2.45) is 0 Å². The van der Waals surface area contributed by atoms with Crippen molar-refractivity contribution in [2.75, 3.05) is 18.4 Å². The number of rotatable bonds is 4. The van der Waals surface area contributed by atoms with Crippen molar-refractivity contribution < 1.29 is 9.18 Å². The van der Waals surface area contributed by atoms with Crippen LogP contribution in [0.5, 0.6) is 0 Å². The molecule has 3 aromatic rings. The summed E-state index contributed by atoms with van der Waals surface area (Å²) >= 11 is 3.19. The predicted octanol–water partition coefficient (Wildman–Crippen LogP) is 4.98. The third-order valence-corrected chi connectivity index (χ3v) is 5.27. The lowest BCUT2D eigenvalue weighted by Crippen LogP contribution is -2.18. The van der Waals surface area contributed by atoms with Crippen LogP contribution in [-0.4, -0.2) is 28.9 Å². The standard InChI is InChI=1S/C21H19BrFN3O/c22-16-4-6-18(19(23)10-16)21(27)25-17-5-3-15-9-14(12-24-20(15)11-17)13-26-7-1-2-8-26/h3-6,9-12H,1-2,7-8,13H2,(H,25,27). The number of nitrogens with zero attached hydrogens (tertiary/aromatic N) is 2. The number of carbonyl (C=O) groups is 1. The Morgan fingerprint density at radius 2 is 1.96 bits per heavy atom. The molecule has 1 aliphatic rings. The molecule has 4 nitrogen and oxygen atoms in total. The Morgan fingerprint density at radius 1 is 1.15 bits per heavy atom. The normalized spacial score (nSPS) is 14.6. The van der Waals surface area contributed by atoms with E-state index in [1.807, 2.05) is 24.4 Å². The summed E-state index contributed by atoms with van der Waals surface area (Å²) < 4.78 is 14.6. The highest BCUT2D eigenvalue weighted by atomic mass is 79.9. The number of halogens is 2. The number of fused-ring (bicyclic) bond motifs is 1. The second-order valence-electron chi connectivity index (χ2n) is 6.81. The molecular weight excluding hydrogens is 409 g/mol. The van der Waals surface area contributed by atoms with Gasteiger partial charge in [0.25, 0.3) is 5.91 Å². The van der Waals surface area contributed by atoms with Crippen molar-refractivity contribution in [1.82, 2.24) is 9.88 Å². The van der Waals surface area contributed by atoms with Gasteiger partial charge >= 0.3 is 0 Å². The van der Waals surface area contributed by atoms with Gasteiger partial charge in [-0.15, -0.1) is 0 Å². The van der Waals surface area contributed by atoms with Crippen LogP contribution in [0.15, 0.2) is 53.1 Å². The molecule has 1 N–H and O–H groups in total. The number of amides is 1. The SMILES string of the molecule is O=C(Nc1ccc2cc(CN3CCCC3)cnc2c1)c1ccc(Br)cc1F. The van der Waals surface area contributed by atoms with E-state index in [-0.39, 0.29) is 5.56 Å². The zero-order valence-electron chi connectivity index (χ0n) is 14.7. The largest absolute Gasteiger partial charge is 0.322 e. The molecule has 27 heavy (non-hydrogen) atoms. The Kier molecular flexibility index (Phi) is 5.18. The molecule has 1 aliphatic heterocycles. The van der Waals surface area contributed by atoms with Gasteiger partial charge in [-0.25, -0.2) is 4.39 Å². The van der Waals surface area contributed by atoms with E-state index in [4.69, 9.17) is 0 Å². The van der Waals surface area contributed by atoms with Crippen LogP contribution in [-0.2, 0) is 6.54 Å². The lowest BCUT2D eigenvalue weighted by Gasteiger charge is -2.14. The van der Waals surface area contributed by atoms with Gasteiger partial charge in [0.05, 0.1) is 11.1 Å². The highest BCUT2D eigenvalue weighted by Crippen LogP contribution is 2.22. The molecule has 0 radical (unpaired) electrons. The number of aromatic nitrogens is 1. The van der Waals surface area contributed by atoms with Gasteiger partial charge in [-0.2, -0.15) is 0 Å². The Labute approximate surface area is 165 Å². The van der Waals surface area contributed by atoms with Crippen molar-refractivity contribution in [3.8, 4) is 0 Å². The topological polar surface area (TPSA) is 45.2 Å². The summed E-state index contributed by atoms with van der Waals surface area (Å²) in [6, 6.07) is 12.1. The maximum absolute atomic E-state index is 14.0. The van der Waals surface area contributed by atoms with E-state index >= 15 is 0 Å². The van der Waals surface area contributed by atoms with Gasteiger partial charge < -0.3 is 5.32 Å². The van der Waals surface area contributed by atoms with Crippen LogP contribution >= 0.6 is 15.9 Å². The molecule has 0 aliphatic carbocycles. The fraction of sp³-hybridized carbons (Fsp3) is 0.238. The smallest absolute Gasteiger partial charge is 0.258 e. The first kappa shape index (κ1) is 18.1. The molecule has 6 heteroatoms. The summed E-state index contributed by atoms with van der Waals surface area (Å²) in [4.78, 5) is 19.3. The van der Waals surface area contributed by atoms with Crippen LogP contribution in [0.2, 0.25) is 0 Å². The molecule has 0 saturated carbocycles. The minimum absolute atomic E-state index is 0.00668. The van der Waals surface area contributed by atoms with Crippen molar-refractivity contribution in [3.05, 3.63) is 70.1 Å². The number of likely N-dealkylation sites (tertiary alicyclic amines) is 1. The zero-order valence-corrected chi connectivity index (χ0v) is 16.3. The first-order valence-electron chi connectivity index (χ1n) is 8.96. The second kappa shape index (κ2) is 7.74. The Morgan fingerprint density at radius 3 is 2.74 bits per heavy atom. The molecule has 0 atom stereocenters. The minimum atomic E-state index is -0.563. The summed E-state index contributed by atoms with van der Waals surface area (Å²) in [6.45, 7) is 3.22. The van der Waals surface area contributed by atoms with Gasteiger partial charge in [-0.3, -0.25) is 14.7 Å². The van der Waals surface area contributed by atoms with Gasteiger partial charge in [0, 0.05) is 28.3 Å². The molecular formula is C21H19BrFN3O. The molecule has 1 aromatic heterocycles. The maximum Gasteiger partial charge on any atom is 0.258 e. The van der Waals surface area contributed by atoms with Crippen LogP contribution in [0.1, 0.15) is 28.8 Å². The maximum atomic E-state index is 14.0. The number of hydrogen-bond donors (Lipinski definition) is 1. The van der Waals surface area contributed by atoms with E-state index in [9.17, 15) is 9.18 Å². The predicted molar refractivity (Wildman–Crippen MR) is 108 cm³/mol. The first-order valence-corrected chi connectivity index (χ1v) is 9.75. The highest BCUT2D eigenvalue weighted by Gasteiger charge is 2.14. The average Bonchev–Trinajstić information content (AvgIpc) is 3.14. The van der Waals surface area contributed by atoms with Crippen LogP contribution in [0.25, 0.3) is 10.9 Å². The zero-order chi connectivity index (χ0) is 18.8. The fourth-order valence-electron chi connectivity index (χ4n) is 3.40. The van der Waals surface area contributed by atoms with E-state index in [1.54, 1.807) is 6.07 Å². The van der Waals surface area contributed by atoms with Crippen molar-refractivity contribution in [3.63, 3.8) is 0 Å². The summed E-state index contributed by atoms with van der Waals surface area (Å²) in [5.41, 5.74) is 2.59. The monoisotopic (exact) mass is 427 g/mol. The summed E-state index contributed by atoms with van der Waals surface area (Å²) in [5.74, 6) is -1.04. The molecule has 1 saturated heterocycles. The van der Waals surface area contributed by atoms with Crippen LogP contribution in [0.4, 0.5) is 10.1 Å². The lowest BCUT2D eigenvalue weighted by atomic mass is 10.1. The van der Waals surface area contributed by atoms with Crippen molar-refractivity contribution in [1.29, 1.82) is 0 Å². The van der Waals surface area contributed by atoms with Crippen LogP contribution in [0.3, 0.4) is 0 Å². The highest BCUT2D eigenvalue weighted by molar-refractivity contribution is 9.10. The number of benzene rings is 2. The average molecular weight is 428 g/mol. The van der Waals surface area contributed by atoms with Crippen molar-refractivity contribution >= 4 is 38.4 Å². The van der Waals surface area contributed by atoms with Gasteiger partial charge in [-0.1, -0.05) is 22.0 Å². The molecule has 1 fully saturated rings.